The van der Waals surface area contributed by atoms with Gasteiger partial charge in [0, 0.05) is 15.2 Å². The summed E-state index contributed by atoms with van der Waals surface area (Å²) in [5.74, 6) is -0.0840. The number of amides is 1. The lowest BCUT2D eigenvalue weighted by Gasteiger charge is -2.16. The Morgan fingerprint density at radius 3 is 3.00 bits per heavy atom. The normalized spacial score (nSPS) is 23.7. The van der Waals surface area contributed by atoms with Gasteiger partial charge in [-0.25, -0.2) is 0 Å². The summed E-state index contributed by atoms with van der Waals surface area (Å²) in [7, 11) is 0. The zero-order chi connectivity index (χ0) is 12.4. The summed E-state index contributed by atoms with van der Waals surface area (Å²) in [6.07, 6.45) is 0.945. The largest absolute Gasteiger partial charge is 0.376 e. The standard InChI is InChI=1S/C12H13ClINO2/c1-7-11(4-5-17-7)15-12(16)9-6-8(13)2-3-10(9)14/h2-3,6-7,11H,4-5H2,1H3,(H,15,16). The molecule has 1 aromatic rings. The number of hydrogen-bond acceptors (Lipinski definition) is 2. The highest BCUT2D eigenvalue weighted by atomic mass is 127. The minimum absolute atomic E-state index is 0.0794. The van der Waals surface area contributed by atoms with Crippen LogP contribution in [0.3, 0.4) is 0 Å². The van der Waals surface area contributed by atoms with Gasteiger partial charge >= 0.3 is 0 Å². The smallest absolute Gasteiger partial charge is 0.252 e. The van der Waals surface area contributed by atoms with Gasteiger partial charge in [0.1, 0.15) is 0 Å². The van der Waals surface area contributed by atoms with Gasteiger partial charge in [0.25, 0.3) is 5.91 Å². The minimum Gasteiger partial charge on any atom is -0.376 e. The summed E-state index contributed by atoms with van der Waals surface area (Å²) in [5.41, 5.74) is 0.622. The van der Waals surface area contributed by atoms with E-state index in [2.05, 4.69) is 27.9 Å². The molecule has 0 aromatic heterocycles. The van der Waals surface area contributed by atoms with Crippen molar-refractivity contribution in [3.63, 3.8) is 0 Å². The molecule has 5 heteroatoms. The Kier molecular flexibility index (Phi) is 4.27. The maximum Gasteiger partial charge on any atom is 0.252 e. The van der Waals surface area contributed by atoms with E-state index in [1.54, 1.807) is 12.1 Å². The third kappa shape index (κ3) is 3.11. The molecule has 1 fully saturated rings. The summed E-state index contributed by atoms with van der Waals surface area (Å²) >= 11 is 8.03. The van der Waals surface area contributed by atoms with Crippen LogP contribution < -0.4 is 5.32 Å². The molecule has 0 radical (unpaired) electrons. The molecule has 3 nitrogen and oxygen atoms in total. The van der Waals surface area contributed by atoms with Crippen LogP contribution in [0.5, 0.6) is 0 Å². The Hall–Kier alpha value is -0.330. The van der Waals surface area contributed by atoms with Crippen LogP contribution in [0.15, 0.2) is 18.2 Å². The van der Waals surface area contributed by atoms with E-state index in [0.29, 0.717) is 17.2 Å². The number of nitrogens with one attached hydrogen (secondary N) is 1. The molecular weight excluding hydrogens is 352 g/mol. The number of halogens is 2. The van der Waals surface area contributed by atoms with Gasteiger partial charge in [0.05, 0.1) is 17.7 Å². The highest BCUT2D eigenvalue weighted by molar-refractivity contribution is 14.1. The first kappa shape index (κ1) is 13.1. The first-order chi connectivity index (χ1) is 8.08. The average molecular weight is 366 g/mol. The molecule has 2 atom stereocenters. The van der Waals surface area contributed by atoms with Crippen LogP contribution in [0, 0.1) is 3.57 Å². The van der Waals surface area contributed by atoms with Crippen molar-refractivity contribution in [2.45, 2.75) is 25.5 Å². The van der Waals surface area contributed by atoms with Crippen molar-refractivity contribution in [2.75, 3.05) is 6.61 Å². The molecule has 0 saturated carbocycles. The van der Waals surface area contributed by atoms with Crippen molar-refractivity contribution in [3.05, 3.63) is 32.4 Å². The highest BCUT2D eigenvalue weighted by Gasteiger charge is 2.26. The summed E-state index contributed by atoms with van der Waals surface area (Å²) in [5, 5.41) is 3.56. The van der Waals surface area contributed by atoms with Gasteiger partial charge < -0.3 is 10.1 Å². The summed E-state index contributed by atoms with van der Waals surface area (Å²) in [6.45, 7) is 2.68. The molecule has 1 amide bonds. The molecule has 1 aromatic carbocycles. The van der Waals surface area contributed by atoms with Crippen LogP contribution in [0.25, 0.3) is 0 Å². The monoisotopic (exact) mass is 365 g/mol. The number of ether oxygens (including phenoxy) is 1. The van der Waals surface area contributed by atoms with Crippen molar-refractivity contribution in [1.82, 2.24) is 5.32 Å². The van der Waals surface area contributed by atoms with E-state index in [1.165, 1.54) is 0 Å². The predicted molar refractivity (Wildman–Crippen MR) is 75.5 cm³/mol. The molecule has 2 unspecified atom stereocenters. The summed E-state index contributed by atoms with van der Waals surface area (Å²) in [4.78, 5) is 12.1. The number of rotatable bonds is 2. The van der Waals surface area contributed by atoms with Gasteiger partial charge in [-0.2, -0.15) is 0 Å². The molecular formula is C12H13ClINO2. The molecule has 0 spiro atoms. The minimum atomic E-state index is -0.0840. The zero-order valence-corrected chi connectivity index (χ0v) is 12.3. The second-order valence-electron chi connectivity index (χ2n) is 4.07. The van der Waals surface area contributed by atoms with E-state index < -0.39 is 0 Å². The quantitative estimate of drug-likeness (QED) is 0.819. The molecule has 1 aliphatic rings. The lowest BCUT2D eigenvalue weighted by atomic mass is 10.1. The van der Waals surface area contributed by atoms with Gasteiger partial charge in [0.2, 0.25) is 0 Å². The van der Waals surface area contributed by atoms with Crippen molar-refractivity contribution in [2.24, 2.45) is 0 Å². The molecule has 2 rings (SSSR count). The third-order valence-corrected chi connectivity index (χ3v) is 4.04. The van der Waals surface area contributed by atoms with Gasteiger partial charge in [-0.05, 0) is 54.1 Å². The van der Waals surface area contributed by atoms with Crippen molar-refractivity contribution in [1.29, 1.82) is 0 Å². The van der Waals surface area contributed by atoms with Gasteiger partial charge in [0.15, 0.2) is 0 Å². The van der Waals surface area contributed by atoms with Crippen molar-refractivity contribution < 1.29 is 9.53 Å². The summed E-state index contributed by atoms with van der Waals surface area (Å²) < 4.78 is 6.31. The van der Waals surface area contributed by atoms with E-state index in [9.17, 15) is 4.79 Å². The van der Waals surface area contributed by atoms with Crippen molar-refractivity contribution in [3.8, 4) is 0 Å². The van der Waals surface area contributed by atoms with Crippen LogP contribution in [0.4, 0.5) is 0 Å². The first-order valence-electron chi connectivity index (χ1n) is 5.45. The van der Waals surface area contributed by atoms with Gasteiger partial charge in [-0.15, -0.1) is 0 Å². The average Bonchev–Trinajstić information content (AvgIpc) is 2.68. The molecule has 0 bridgehead atoms. The third-order valence-electron chi connectivity index (χ3n) is 2.87. The van der Waals surface area contributed by atoms with E-state index >= 15 is 0 Å². The Bertz CT molecular complexity index is 439. The molecule has 1 N–H and O–H groups in total. The van der Waals surface area contributed by atoms with Gasteiger partial charge in [-0.1, -0.05) is 11.6 Å². The lowest BCUT2D eigenvalue weighted by molar-refractivity contribution is 0.0865. The first-order valence-corrected chi connectivity index (χ1v) is 6.91. The second-order valence-corrected chi connectivity index (χ2v) is 5.67. The number of carbonyl (C=O) groups is 1. The highest BCUT2D eigenvalue weighted by Crippen LogP contribution is 2.19. The van der Waals surface area contributed by atoms with E-state index in [0.717, 1.165) is 9.99 Å². The topological polar surface area (TPSA) is 38.3 Å². The lowest BCUT2D eigenvalue weighted by Crippen LogP contribution is -2.39. The number of hydrogen-bond donors (Lipinski definition) is 1. The zero-order valence-electron chi connectivity index (χ0n) is 9.37. The molecule has 92 valence electrons. The predicted octanol–water partition coefficient (Wildman–Crippen LogP) is 2.85. The Balaban J connectivity index is 2.11. The fourth-order valence-corrected chi connectivity index (χ4v) is 2.59. The maximum atomic E-state index is 12.1. The number of benzene rings is 1. The fraction of sp³-hybridized carbons (Fsp3) is 0.417. The SMILES string of the molecule is CC1OCCC1NC(=O)c1cc(Cl)ccc1I. The molecule has 1 saturated heterocycles. The van der Waals surface area contributed by atoms with E-state index in [1.807, 2.05) is 13.0 Å². The van der Waals surface area contributed by atoms with Crippen LogP contribution in [0.2, 0.25) is 5.02 Å². The van der Waals surface area contributed by atoms with Crippen LogP contribution in [-0.2, 0) is 4.74 Å². The van der Waals surface area contributed by atoms with Crippen LogP contribution in [-0.4, -0.2) is 24.7 Å². The molecule has 17 heavy (non-hydrogen) atoms. The van der Waals surface area contributed by atoms with Gasteiger partial charge in [-0.3, -0.25) is 4.79 Å². The number of carbonyl (C=O) groups excluding carboxylic acids is 1. The van der Waals surface area contributed by atoms with Crippen molar-refractivity contribution >= 4 is 40.1 Å². The fourth-order valence-electron chi connectivity index (χ4n) is 1.84. The van der Waals surface area contributed by atoms with Crippen LogP contribution in [0.1, 0.15) is 23.7 Å². The molecule has 0 aliphatic carbocycles. The Morgan fingerprint density at radius 1 is 1.59 bits per heavy atom. The van der Waals surface area contributed by atoms with E-state index in [-0.39, 0.29) is 18.1 Å². The molecule has 1 aliphatic heterocycles. The Labute approximate surface area is 119 Å². The maximum absolute atomic E-state index is 12.1. The second kappa shape index (κ2) is 5.54. The Morgan fingerprint density at radius 2 is 2.35 bits per heavy atom. The van der Waals surface area contributed by atoms with E-state index in [4.69, 9.17) is 16.3 Å². The summed E-state index contributed by atoms with van der Waals surface area (Å²) in [6, 6.07) is 5.41. The van der Waals surface area contributed by atoms with Crippen LogP contribution >= 0.6 is 34.2 Å². The molecule has 1 heterocycles.